The van der Waals surface area contributed by atoms with Crippen LogP contribution in [0.15, 0.2) is 46.9 Å². The van der Waals surface area contributed by atoms with E-state index >= 15 is 0 Å². The molecule has 2 heterocycles. The van der Waals surface area contributed by atoms with E-state index in [9.17, 15) is 18.0 Å². The van der Waals surface area contributed by atoms with Crippen molar-refractivity contribution >= 4 is 34.3 Å². The zero-order chi connectivity index (χ0) is 21.3. The number of aromatic nitrogens is 1. The van der Waals surface area contributed by atoms with Crippen molar-refractivity contribution in [1.82, 2.24) is 9.88 Å². The number of anilines is 1. The summed E-state index contributed by atoms with van der Waals surface area (Å²) in [5.74, 6) is 0.591. The average molecular weight is 438 g/mol. The number of rotatable bonds is 4. The highest BCUT2D eigenvalue weighted by Gasteiger charge is 2.30. The molecule has 1 saturated heterocycles. The molecule has 0 saturated carbocycles. The van der Waals surface area contributed by atoms with Crippen LogP contribution in [0.3, 0.4) is 0 Å². The van der Waals surface area contributed by atoms with Gasteiger partial charge < -0.3 is 14.6 Å². The van der Waals surface area contributed by atoms with Crippen molar-refractivity contribution in [3.63, 3.8) is 0 Å². The van der Waals surface area contributed by atoms with Crippen molar-refractivity contribution in [3.8, 4) is 0 Å². The van der Waals surface area contributed by atoms with E-state index in [4.69, 9.17) is 16.0 Å². The van der Waals surface area contributed by atoms with Gasteiger partial charge in [-0.3, -0.25) is 4.79 Å². The summed E-state index contributed by atoms with van der Waals surface area (Å²) < 4.78 is 44.2. The highest BCUT2D eigenvalue weighted by Crippen LogP contribution is 2.32. The van der Waals surface area contributed by atoms with E-state index < -0.39 is 11.7 Å². The van der Waals surface area contributed by atoms with Crippen molar-refractivity contribution in [1.29, 1.82) is 0 Å². The topological polar surface area (TPSA) is 58.4 Å². The first-order chi connectivity index (χ1) is 14.3. The number of benzene rings is 2. The number of hydrogen-bond acceptors (Lipinski definition) is 4. The van der Waals surface area contributed by atoms with Gasteiger partial charge in [-0.2, -0.15) is 13.2 Å². The standard InChI is InChI=1S/C21H19ClF3N3O2/c22-15-4-5-18-17(11-15)27-20(30-18)13-6-8-28(9-7-13)19(29)12-26-16-3-1-2-14(10-16)21(23,24)25/h1-5,10-11,13,26H,6-9,12H2. The van der Waals surface area contributed by atoms with Crippen molar-refractivity contribution in [3.05, 3.63) is 58.9 Å². The van der Waals surface area contributed by atoms with Gasteiger partial charge in [0, 0.05) is 29.7 Å². The monoisotopic (exact) mass is 437 g/mol. The second-order valence-electron chi connectivity index (χ2n) is 7.25. The number of likely N-dealkylation sites (tertiary alicyclic amines) is 1. The molecule has 3 aromatic rings. The van der Waals surface area contributed by atoms with E-state index in [-0.39, 0.29) is 24.1 Å². The summed E-state index contributed by atoms with van der Waals surface area (Å²) >= 11 is 5.99. The number of hydrogen-bond donors (Lipinski definition) is 1. The van der Waals surface area contributed by atoms with Crippen LogP contribution in [0.25, 0.3) is 11.1 Å². The Morgan fingerprint density at radius 1 is 1.20 bits per heavy atom. The lowest BCUT2D eigenvalue weighted by Crippen LogP contribution is -2.41. The first kappa shape index (κ1) is 20.5. The normalized spacial score (nSPS) is 15.5. The highest BCUT2D eigenvalue weighted by atomic mass is 35.5. The predicted octanol–water partition coefficient (Wildman–Crippen LogP) is 5.32. The lowest BCUT2D eigenvalue weighted by atomic mass is 9.97. The Morgan fingerprint density at radius 2 is 1.97 bits per heavy atom. The molecule has 0 radical (unpaired) electrons. The van der Waals surface area contributed by atoms with Gasteiger partial charge in [-0.15, -0.1) is 0 Å². The lowest BCUT2D eigenvalue weighted by molar-refractivity contribution is -0.137. The molecular formula is C21H19ClF3N3O2. The fourth-order valence-electron chi connectivity index (χ4n) is 3.56. The highest BCUT2D eigenvalue weighted by molar-refractivity contribution is 6.31. The van der Waals surface area contributed by atoms with Crippen molar-refractivity contribution in [2.45, 2.75) is 24.9 Å². The zero-order valence-electron chi connectivity index (χ0n) is 15.9. The number of carbonyl (C=O) groups excluding carboxylic acids is 1. The van der Waals surface area contributed by atoms with Crippen LogP contribution >= 0.6 is 11.6 Å². The molecular weight excluding hydrogens is 419 g/mol. The Morgan fingerprint density at radius 3 is 2.70 bits per heavy atom. The van der Waals surface area contributed by atoms with Crippen LogP contribution in [-0.4, -0.2) is 35.4 Å². The van der Waals surface area contributed by atoms with Crippen molar-refractivity contribution in [2.24, 2.45) is 0 Å². The fourth-order valence-corrected chi connectivity index (χ4v) is 3.73. The molecule has 1 N–H and O–H groups in total. The second kappa shape index (κ2) is 8.18. The average Bonchev–Trinajstić information content (AvgIpc) is 3.15. The number of fused-ring (bicyclic) bond motifs is 1. The third-order valence-electron chi connectivity index (χ3n) is 5.20. The SMILES string of the molecule is O=C(CNc1cccc(C(F)(F)F)c1)N1CCC(c2nc3cc(Cl)ccc3o2)CC1. The van der Waals surface area contributed by atoms with Crippen molar-refractivity contribution in [2.75, 3.05) is 25.0 Å². The summed E-state index contributed by atoms with van der Waals surface area (Å²) in [7, 11) is 0. The molecule has 1 aliphatic heterocycles. The first-order valence-corrected chi connectivity index (χ1v) is 9.92. The van der Waals surface area contributed by atoms with E-state index in [1.807, 2.05) is 0 Å². The molecule has 0 unspecified atom stereocenters. The second-order valence-corrected chi connectivity index (χ2v) is 7.69. The van der Waals surface area contributed by atoms with Gasteiger partial charge in [-0.1, -0.05) is 17.7 Å². The third kappa shape index (κ3) is 4.53. The van der Waals surface area contributed by atoms with Gasteiger partial charge in [0.25, 0.3) is 0 Å². The van der Waals surface area contributed by atoms with Crippen LogP contribution in [0.2, 0.25) is 5.02 Å². The molecule has 158 valence electrons. The van der Waals surface area contributed by atoms with Crippen LogP contribution in [0.1, 0.15) is 30.2 Å². The number of piperidine rings is 1. The van der Waals surface area contributed by atoms with E-state index in [2.05, 4.69) is 10.3 Å². The molecule has 0 atom stereocenters. The molecule has 1 fully saturated rings. The Labute approximate surface area is 175 Å². The van der Waals surface area contributed by atoms with Gasteiger partial charge in [-0.25, -0.2) is 4.98 Å². The summed E-state index contributed by atoms with van der Waals surface area (Å²) in [6, 6.07) is 10.1. The van der Waals surface area contributed by atoms with Crippen LogP contribution in [0.5, 0.6) is 0 Å². The first-order valence-electron chi connectivity index (χ1n) is 9.54. The zero-order valence-corrected chi connectivity index (χ0v) is 16.6. The Balaban J connectivity index is 1.32. The maximum absolute atomic E-state index is 12.8. The summed E-state index contributed by atoms with van der Waals surface area (Å²) in [6.07, 6.45) is -3.01. The number of oxazole rings is 1. The van der Waals surface area contributed by atoms with E-state index in [0.29, 0.717) is 47.9 Å². The Kier molecular flexibility index (Phi) is 5.60. The fraction of sp³-hybridized carbons (Fsp3) is 0.333. The number of nitrogens with zero attached hydrogens (tertiary/aromatic N) is 2. The number of halogens is 4. The van der Waals surface area contributed by atoms with E-state index in [1.54, 1.807) is 23.1 Å². The molecule has 1 amide bonds. The summed E-state index contributed by atoms with van der Waals surface area (Å²) in [5.41, 5.74) is 0.901. The molecule has 1 aliphatic rings. The molecule has 0 aliphatic carbocycles. The van der Waals surface area contributed by atoms with Crippen molar-refractivity contribution < 1.29 is 22.4 Å². The predicted molar refractivity (Wildman–Crippen MR) is 108 cm³/mol. The van der Waals surface area contributed by atoms with Gasteiger partial charge in [0.2, 0.25) is 5.91 Å². The maximum Gasteiger partial charge on any atom is 0.416 e. The number of amides is 1. The largest absolute Gasteiger partial charge is 0.440 e. The number of nitrogens with one attached hydrogen (secondary N) is 1. The molecule has 0 bridgehead atoms. The quantitative estimate of drug-likeness (QED) is 0.600. The molecule has 30 heavy (non-hydrogen) atoms. The van der Waals surface area contributed by atoms with E-state index in [1.165, 1.54) is 12.1 Å². The third-order valence-corrected chi connectivity index (χ3v) is 5.43. The maximum atomic E-state index is 12.8. The molecule has 4 rings (SSSR count). The minimum atomic E-state index is -4.42. The number of carbonyl (C=O) groups is 1. The molecule has 0 spiro atoms. The van der Waals surface area contributed by atoms with Gasteiger partial charge in [-0.05, 0) is 49.2 Å². The minimum Gasteiger partial charge on any atom is -0.440 e. The Bertz CT molecular complexity index is 1060. The molecule has 9 heteroatoms. The van der Waals surface area contributed by atoms with Gasteiger partial charge >= 0.3 is 6.18 Å². The van der Waals surface area contributed by atoms with Crippen LogP contribution in [0.4, 0.5) is 18.9 Å². The lowest BCUT2D eigenvalue weighted by Gasteiger charge is -2.30. The minimum absolute atomic E-state index is 0.0621. The molecule has 1 aromatic heterocycles. The van der Waals surface area contributed by atoms with Gasteiger partial charge in [0.15, 0.2) is 11.5 Å². The summed E-state index contributed by atoms with van der Waals surface area (Å²) in [5, 5.41) is 3.38. The molecule has 2 aromatic carbocycles. The van der Waals surface area contributed by atoms with Crippen LogP contribution < -0.4 is 5.32 Å². The number of alkyl halides is 3. The van der Waals surface area contributed by atoms with Gasteiger partial charge in [0.05, 0.1) is 12.1 Å². The van der Waals surface area contributed by atoms with E-state index in [0.717, 1.165) is 12.1 Å². The van der Waals surface area contributed by atoms with Gasteiger partial charge in [0.1, 0.15) is 5.52 Å². The summed E-state index contributed by atoms with van der Waals surface area (Å²) in [6.45, 7) is 1.01. The van der Waals surface area contributed by atoms with Crippen LogP contribution in [-0.2, 0) is 11.0 Å². The smallest absolute Gasteiger partial charge is 0.416 e. The van der Waals surface area contributed by atoms with Crippen LogP contribution in [0, 0.1) is 0 Å². The summed E-state index contributed by atoms with van der Waals surface area (Å²) in [4.78, 5) is 18.7. The Hall–Kier alpha value is -2.74. The molecule has 5 nitrogen and oxygen atoms in total.